The van der Waals surface area contributed by atoms with Gasteiger partial charge in [0.25, 0.3) is 0 Å². The predicted molar refractivity (Wildman–Crippen MR) is 96.2 cm³/mol. The fourth-order valence-electron chi connectivity index (χ4n) is 3.76. The van der Waals surface area contributed by atoms with Crippen molar-refractivity contribution in [2.24, 2.45) is 0 Å². The molecule has 0 saturated heterocycles. The number of aromatic hydroxyl groups is 1. The highest BCUT2D eigenvalue weighted by Crippen LogP contribution is 2.42. The van der Waals surface area contributed by atoms with E-state index in [1.807, 2.05) is 24.3 Å². The van der Waals surface area contributed by atoms with Crippen LogP contribution < -0.4 is 0 Å². The van der Waals surface area contributed by atoms with E-state index >= 15 is 0 Å². The summed E-state index contributed by atoms with van der Waals surface area (Å²) in [5.41, 5.74) is 2.58. The molecule has 1 aliphatic rings. The minimum absolute atomic E-state index is 0.275. The van der Waals surface area contributed by atoms with E-state index in [-0.39, 0.29) is 5.56 Å². The molecule has 138 valence electrons. The molecule has 1 aliphatic carbocycles. The van der Waals surface area contributed by atoms with Crippen LogP contribution in [0, 0.1) is 11.6 Å². The van der Waals surface area contributed by atoms with Crippen LogP contribution in [0.15, 0.2) is 48.7 Å². The minimum Gasteiger partial charge on any atom is -0.503 e. The summed E-state index contributed by atoms with van der Waals surface area (Å²) in [4.78, 5) is 9.12. The van der Waals surface area contributed by atoms with E-state index in [4.69, 9.17) is 4.74 Å². The summed E-state index contributed by atoms with van der Waals surface area (Å²) < 4.78 is 33.4. The fraction of sp³-hybridized carbons (Fsp3) is 0.238. The highest BCUT2D eigenvalue weighted by Gasteiger charge is 2.40. The van der Waals surface area contributed by atoms with Crippen molar-refractivity contribution in [1.29, 1.82) is 0 Å². The standard InChI is InChI=1S/C21H18F2N2O2/c1-27-21(19-6-2-3-10-24-19)9-4-5-18-14(21)7-8-17(25-18)13-11-15(22)20(26)16(23)12-13/h2-3,6-8,10-12,26H,4-5,9H2,1H3. The molecule has 1 atom stereocenters. The fourth-order valence-corrected chi connectivity index (χ4v) is 3.76. The molecule has 0 radical (unpaired) electrons. The molecular formula is C21H18F2N2O2. The number of halogens is 2. The molecule has 1 unspecified atom stereocenters. The van der Waals surface area contributed by atoms with Gasteiger partial charge in [0.1, 0.15) is 5.60 Å². The van der Waals surface area contributed by atoms with Crippen molar-refractivity contribution < 1.29 is 18.6 Å². The van der Waals surface area contributed by atoms with Crippen molar-refractivity contribution in [2.45, 2.75) is 24.9 Å². The number of hydrogen-bond acceptors (Lipinski definition) is 4. The van der Waals surface area contributed by atoms with Gasteiger partial charge in [0, 0.05) is 30.1 Å². The molecule has 4 nitrogen and oxygen atoms in total. The molecule has 2 aromatic heterocycles. The molecule has 0 bridgehead atoms. The van der Waals surface area contributed by atoms with E-state index in [9.17, 15) is 13.9 Å². The van der Waals surface area contributed by atoms with Crippen LogP contribution in [0.5, 0.6) is 5.75 Å². The van der Waals surface area contributed by atoms with Crippen LogP contribution in [0.1, 0.15) is 29.8 Å². The first-order chi connectivity index (χ1) is 13.0. The van der Waals surface area contributed by atoms with Gasteiger partial charge < -0.3 is 9.84 Å². The Kier molecular flexibility index (Phi) is 4.36. The van der Waals surface area contributed by atoms with Crippen LogP contribution in [0.4, 0.5) is 8.78 Å². The Bertz CT molecular complexity index is 972. The highest BCUT2D eigenvalue weighted by molar-refractivity contribution is 5.62. The number of phenolic OH excluding ortho intramolecular Hbond substituents is 1. The smallest absolute Gasteiger partial charge is 0.187 e. The third-order valence-corrected chi connectivity index (χ3v) is 5.09. The van der Waals surface area contributed by atoms with Gasteiger partial charge >= 0.3 is 0 Å². The Hall–Kier alpha value is -2.86. The van der Waals surface area contributed by atoms with Crippen molar-refractivity contribution in [2.75, 3.05) is 7.11 Å². The summed E-state index contributed by atoms with van der Waals surface area (Å²) in [5.74, 6) is -3.00. The largest absolute Gasteiger partial charge is 0.503 e. The van der Waals surface area contributed by atoms with E-state index < -0.39 is 23.0 Å². The van der Waals surface area contributed by atoms with Gasteiger partial charge in [-0.25, -0.2) is 8.78 Å². The van der Waals surface area contributed by atoms with E-state index in [0.717, 1.165) is 48.3 Å². The van der Waals surface area contributed by atoms with Crippen LogP contribution in [-0.4, -0.2) is 22.2 Å². The van der Waals surface area contributed by atoms with Crippen LogP contribution in [-0.2, 0) is 16.8 Å². The Balaban J connectivity index is 1.83. The number of nitrogens with zero attached hydrogens (tertiary/aromatic N) is 2. The Morgan fingerprint density at radius 3 is 2.56 bits per heavy atom. The number of aryl methyl sites for hydroxylation is 1. The minimum atomic E-state index is -1.01. The molecule has 6 heteroatoms. The van der Waals surface area contributed by atoms with Crippen molar-refractivity contribution in [3.05, 3.63) is 77.2 Å². The number of methoxy groups -OCH3 is 1. The molecule has 0 fully saturated rings. The zero-order valence-corrected chi connectivity index (χ0v) is 14.7. The molecule has 2 heterocycles. The Labute approximate surface area is 155 Å². The van der Waals surface area contributed by atoms with Gasteiger partial charge in [-0.2, -0.15) is 0 Å². The van der Waals surface area contributed by atoms with E-state index in [2.05, 4.69) is 9.97 Å². The number of pyridine rings is 2. The molecule has 1 aromatic carbocycles. The second-order valence-corrected chi connectivity index (χ2v) is 6.58. The number of benzene rings is 1. The van der Waals surface area contributed by atoms with Gasteiger partial charge in [-0.15, -0.1) is 0 Å². The molecular weight excluding hydrogens is 350 g/mol. The maximum Gasteiger partial charge on any atom is 0.187 e. The lowest BCUT2D eigenvalue weighted by molar-refractivity contribution is 0.00313. The molecule has 0 aliphatic heterocycles. The summed E-state index contributed by atoms with van der Waals surface area (Å²) in [7, 11) is 1.66. The number of hydrogen-bond donors (Lipinski definition) is 1. The molecule has 0 spiro atoms. The lowest BCUT2D eigenvalue weighted by Crippen LogP contribution is -2.35. The van der Waals surface area contributed by atoms with Crippen molar-refractivity contribution in [3.8, 4) is 17.0 Å². The third kappa shape index (κ3) is 2.86. The summed E-state index contributed by atoms with van der Waals surface area (Å²) in [6.45, 7) is 0. The van der Waals surface area contributed by atoms with Gasteiger partial charge in [-0.3, -0.25) is 9.97 Å². The molecule has 0 amide bonds. The van der Waals surface area contributed by atoms with E-state index in [1.54, 1.807) is 19.4 Å². The average molecular weight is 368 g/mol. The van der Waals surface area contributed by atoms with Gasteiger partial charge in [-0.05, 0) is 49.6 Å². The number of rotatable bonds is 3. The van der Waals surface area contributed by atoms with Gasteiger partial charge in [0.2, 0.25) is 0 Å². The summed E-state index contributed by atoms with van der Waals surface area (Å²) in [6.07, 6.45) is 4.10. The number of ether oxygens (including phenoxy) is 1. The van der Waals surface area contributed by atoms with Crippen molar-refractivity contribution in [1.82, 2.24) is 9.97 Å². The van der Waals surface area contributed by atoms with Crippen LogP contribution in [0.25, 0.3) is 11.3 Å². The average Bonchev–Trinajstić information content (AvgIpc) is 2.71. The first-order valence-corrected chi connectivity index (χ1v) is 8.70. The number of phenols is 1. The molecule has 1 N–H and O–H groups in total. The van der Waals surface area contributed by atoms with Gasteiger partial charge in [0.05, 0.1) is 11.4 Å². The Morgan fingerprint density at radius 1 is 1.11 bits per heavy atom. The van der Waals surface area contributed by atoms with Crippen LogP contribution in [0.2, 0.25) is 0 Å². The topological polar surface area (TPSA) is 55.2 Å². The van der Waals surface area contributed by atoms with Crippen LogP contribution >= 0.6 is 0 Å². The summed E-state index contributed by atoms with van der Waals surface area (Å²) >= 11 is 0. The van der Waals surface area contributed by atoms with Gasteiger partial charge in [-0.1, -0.05) is 12.1 Å². The quantitative estimate of drug-likeness (QED) is 0.747. The van der Waals surface area contributed by atoms with E-state index in [0.29, 0.717) is 5.69 Å². The van der Waals surface area contributed by atoms with E-state index in [1.165, 1.54) is 0 Å². The second kappa shape index (κ2) is 6.70. The normalized spacial score (nSPS) is 18.9. The maximum absolute atomic E-state index is 13.7. The maximum atomic E-state index is 13.7. The highest BCUT2D eigenvalue weighted by atomic mass is 19.1. The lowest BCUT2D eigenvalue weighted by Gasteiger charge is -2.37. The second-order valence-electron chi connectivity index (χ2n) is 6.58. The zero-order chi connectivity index (χ0) is 19.0. The predicted octanol–water partition coefficient (Wildman–Crippen LogP) is 4.35. The molecule has 4 rings (SSSR count). The van der Waals surface area contributed by atoms with Crippen molar-refractivity contribution >= 4 is 0 Å². The number of fused-ring (bicyclic) bond motifs is 1. The number of aromatic nitrogens is 2. The zero-order valence-electron chi connectivity index (χ0n) is 14.7. The SMILES string of the molecule is COC1(c2ccccn2)CCCc2nc(-c3cc(F)c(O)c(F)c3)ccc21. The first kappa shape index (κ1) is 17.5. The molecule has 3 aromatic rings. The summed E-state index contributed by atoms with van der Waals surface area (Å²) in [5, 5.41) is 9.30. The monoisotopic (exact) mass is 368 g/mol. The Morgan fingerprint density at radius 2 is 1.89 bits per heavy atom. The molecule has 0 saturated carbocycles. The van der Waals surface area contributed by atoms with Crippen LogP contribution in [0.3, 0.4) is 0 Å². The first-order valence-electron chi connectivity index (χ1n) is 8.70. The summed E-state index contributed by atoms with van der Waals surface area (Å²) in [6, 6.07) is 11.5. The third-order valence-electron chi connectivity index (χ3n) is 5.09. The lowest BCUT2D eigenvalue weighted by atomic mass is 9.78. The van der Waals surface area contributed by atoms with Gasteiger partial charge in [0.15, 0.2) is 17.4 Å². The molecule has 27 heavy (non-hydrogen) atoms. The van der Waals surface area contributed by atoms with Crippen molar-refractivity contribution in [3.63, 3.8) is 0 Å².